The molecule has 3 rings (SSSR count). The zero-order chi connectivity index (χ0) is 17.1. The van der Waals surface area contributed by atoms with Crippen molar-refractivity contribution in [2.24, 2.45) is 7.05 Å². The minimum absolute atomic E-state index is 0.383. The van der Waals surface area contributed by atoms with Crippen LogP contribution < -0.4 is 15.8 Å². The van der Waals surface area contributed by atoms with E-state index in [9.17, 15) is 9.59 Å². The standard InChI is InChI=1S/C16H18BrN5O2/c1-21-10-11(17)9-13(21)16(24)20-19-15(23)12-5-4-6-18-14(12)22-7-2-3-8-22/h4-6,9-10H,2-3,7-8H2,1H3,(H,19,23)(H,20,24). The van der Waals surface area contributed by atoms with Crippen LogP contribution in [0.4, 0.5) is 5.82 Å². The van der Waals surface area contributed by atoms with Gasteiger partial charge in [0.15, 0.2) is 0 Å². The Bertz CT molecular complexity index is 768. The maximum Gasteiger partial charge on any atom is 0.286 e. The number of carbonyl (C=O) groups is 2. The van der Waals surface area contributed by atoms with E-state index in [1.54, 1.807) is 42.2 Å². The van der Waals surface area contributed by atoms with E-state index in [2.05, 4.69) is 36.7 Å². The van der Waals surface area contributed by atoms with Gasteiger partial charge in [0, 0.05) is 37.0 Å². The molecule has 0 radical (unpaired) electrons. The molecular formula is C16H18BrN5O2. The van der Waals surface area contributed by atoms with Gasteiger partial charge in [-0.05, 0) is 47.0 Å². The number of hydrazine groups is 1. The summed E-state index contributed by atoms with van der Waals surface area (Å²) < 4.78 is 2.47. The van der Waals surface area contributed by atoms with Gasteiger partial charge in [-0.15, -0.1) is 0 Å². The van der Waals surface area contributed by atoms with Gasteiger partial charge in [-0.25, -0.2) is 4.98 Å². The number of nitrogens with zero attached hydrogens (tertiary/aromatic N) is 3. The van der Waals surface area contributed by atoms with Crippen molar-refractivity contribution >= 4 is 33.6 Å². The number of hydrogen-bond acceptors (Lipinski definition) is 4. The van der Waals surface area contributed by atoms with Crippen molar-refractivity contribution in [3.8, 4) is 0 Å². The monoisotopic (exact) mass is 391 g/mol. The van der Waals surface area contributed by atoms with Crippen molar-refractivity contribution < 1.29 is 9.59 Å². The molecule has 2 aromatic rings. The van der Waals surface area contributed by atoms with Crippen LogP contribution in [0, 0.1) is 0 Å². The number of aromatic nitrogens is 2. The maximum absolute atomic E-state index is 12.4. The highest BCUT2D eigenvalue weighted by atomic mass is 79.9. The Balaban J connectivity index is 1.69. The maximum atomic E-state index is 12.4. The number of anilines is 1. The van der Waals surface area contributed by atoms with Gasteiger partial charge in [-0.1, -0.05) is 0 Å². The van der Waals surface area contributed by atoms with E-state index >= 15 is 0 Å². The molecule has 24 heavy (non-hydrogen) atoms. The van der Waals surface area contributed by atoms with E-state index in [1.807, 2.05) is 0 Å². The van der Waals surface area contributed by atoms with E-state index in [0.717, 1.165) is 30.4 Å². The van der Waals surface area contributed by atoms with Gasteiger partial charge in [0.2, 0.25) is 0 Å². The first-order chi connectivity index (χ1) is 11.6. The fourth-order valence-electron chi connectivity index (χ4n) is 2.75. The lowest BCUT2D eigenvalue weighted by Crippen LogP contribution is -2.42. The number of rotatable bonds is 3. The summed E-state index contributed by atoms with van der Waals surface area (Å²) in [6.45, 7) is 1.78. The second-order valence-electron chi connectivity index (χ2n) is 5.63. The first kappa shape index (κ1) is 16.5. The van der Waals surface area contributed by atoms with Gasteiger partial charge in [-0.3, -0.25) is 20.4 Å². The zero-order valence-electron chi connectivity index (χ0n) is 13.3. The highest BCUT2D eigenvalue weighted by Crippen LogP contribution is 2.21. The Hall–Kier alpha value is -2.35. The van der Waals surface area contributed by atoms with Crippen molar-refractivity contribution in [3.63, 3.8) is 0 Å². The Morgan fingerprint density at radius 3 is 2.58 bits per heavy atom. The van der Waals surface area contributed by atoms with Crippen molar-refractivity contribution in [3.05, 3.63) is 46.3 Å². The second kappa shape index (κ2) is 7.04. The predicted molar refractivity (Wildman–Crippen MR) is 93.7 cm³/mol. The van der Waals surface area contributed by atoms with Gasteiger partial charge in [0.05, 0.1) is 5.56 Å². The molecule has 8 heteroatoms. The Labute approximate surface area is 148 Å². The normalized spacial score (nSPS) is 13.8. The lowest BCUT2D eigenvalue weighted by atomic mass is 10.2. The second-order valence-corrected chi connectivity index (χ2v) is 6.55. The number of carbonyl (C=O) groups excluding carboxylic acids is 2. The highest BCUT2D eigenvalue weighted by molar-refractivity contribution is 9.10. The van der Waals surface area contributed by atoms with Crippen LogP contribution in [0.3, 0.4) is 0 Å². The molecule has 0 atom stereocenters. The summed E-state index contributed by atoms with van der Waals surface area (Å²) in [5.74, 6) is -0.113. The molecule has 0 aliphatic carbocycles. The third-order valence-corrected chi connectivity index (χ3v) is 4.36. The van der Waals surface area contributed by atoms with Gasteiger partial charge < -0.3 is 9.47 Å². The molecule has 126 valence electrons. The molecule has 2 amide bonds. The lowest BCUT2D eigenvalue weighted by Gasteiger charge is -2.19. The van der Waals surface area contributed by atoms with Crippen LogP contribution in [-0.4, -0.2) is 34.5 Å². The number of amides is 2. The van der Waals surface area contributed by atoms with Crippen molar-refractivity contribution in [2.75, 3.05) is 18.0 Å². The van der Waals surface area contributed by atoms with Gasteiger partial charge in [-0.2, -0.15) is 0 Å². The van der Waals surface area contributed by atoms with E-state index in [1.165, 1.54) is 0 Å². The third-order valence-electron chi connectivity index (χ3n) is 3.93. The van der Waals surface area contributed by atoms with Crippen LogP contribution >= 0.6 is 15.9 Å². The van der Waals surface area contributed by atoms with Crippen LogP contribution in [0.5, 0.6) is 0 Å². The van der Waals surface area contributed by atoms with Crippen molar-refractivity contribution in [1.29, 1.82) is 0 Å². The summed E-state index contributed by atoms with van der Waals surface area (Å²) in [6, 6.07) is 5.10. The number of pyridine rings is 1. The fraction of sp³-hybridized carbons (Fsp3) is 0.312. The van der Waals surface area contributed by atoms with Gasteiger partial charge >= 0.3 is 0 Å². The SMILES string of the molecule is Cn1cc(Br)cc1C(=O)NNC(=O)c1cccnc1N1CCCC1. The summed E-state index contributed by atoms with van der Waals surface area (Å²) >= 11 is 3.31. The predicted octanol–water partition coefficient (Wildman–Crippen LogP) is 1.86. The zero-order valence-corrected chi connectivity index (χ0v) is 14.8. The molecule has 0 saturated carbocycles. The molecule has 1 aliphatic heterocycles. The first-order valence-electron chi connectivity index (χ1n) is 7.69. The van der Waals surface area contributed by atoms with Crippen molar-refractivity contribution in [2.45, 2.75) is 12.8 Å². The Morgan fingerprint density at radius 2 is 1.92 bits per heavy atom. The molecule has 2 N–H and O–H groups in total. The molecule has 2 aromatic heterocycles. The van der Waals surface area contributed by atoms with Crippen LogP contribution in [0.2, 0.25) is 0 Å². The quantitative estimate of drug-likeness (QED) is 0.782. The van der Waals surface area contributed by atoms with Crippen molar-refractivity contribution in [1.82, 2.24) is 20.4 Å². The average molecular weight is 392 g/mol. The Morgan fingerprint density at radius 1 is 1.21 bits per heavy atom. The largest absolute Gasteiger partial charge is 0.356 e. The fourth-order valence-corrected chi connectivity index (χ4v) is 3.27. The van der Waals surface area contributed by atoms with Gasteiger partial charge in [0.25, 0.3) is 11.8 Å². The topological polar surface area (TPSA) is 79.3 Å². The minimum atomic E-state index is -0.386. The summed E-state index contributed by atoms with van der Waals surface area (Å²) in [6.07, 6.45) is 5.63. The van der Waals surface area contributed by atoms with E-state index in [-0.39, 0.29) is 11.8 Å². The molecule has 1 saturated heterocycles. The van der Waals surface area contributed by atoms with Crippen LogP contribution in [-0.2, 0) is 7.05 Å². The van der Waals surface area contributed by atoms with Gasteiger partial charge in [0.1, 0.15) is 11.5 Å². The smallest absolute Gasteiger partial charge is 0.286 e. The summed E-state index contributed by atoms with van der Waals surface area (Å²) in [5.41, 5.74) is 5.80. The minimum Gasteiger partial charge on any atom is -0.356 e. The first-order valence-corrected chi connectivity index (χ1v) is 8.48. The number of nitrogens with one attached hydrogen (secondary N) is 2. The number of aryl methyl sites for hydroxylation is 1. The summed E-state index contributed by atoms with van der Waals surface area (Å²) in [7, 11) is 1.76. The molecule has 3 heterocycles. The highest BCUT2D eigenvalue weighted by Gasteiger charge is 2.21. The molecule has 1 aliphatic rings. The van der Waals surface area contributed by atoms with Crippen LogP contribution in [0.1, 0.15) is 33.7 Å². The molecule has 0 aromatic carbocycles. The summed E-state index contributed by atoms with van der Waals surface area (Å²) in [5, 5.41) is 0. The Kier molecular flexibility index (Phi) is 4.84. The summed E-state index contributed by atoms with van der Waals surface area (Å²) in [4.78, 5) is 31.0. The van der Waals surface area contributed by atoms with E-state index in [0.29, 0.717) is 17.1 Å². The average Bonchev–Trinajstić information content (AvgIpc) is 3.22. The van der Waals surface area contributed by atoms with Crippen LogP contribution in [0.15, 0.2) is 35.1 Å². The third kappa shape index (κ3) is 3.43. The molecule has 0 unspecified atom stereocenters. The molecule has 0 spiro atoms. The molecule has 0 bridgehead atoms. The number of halogens is 1. The van der Waals surface area contributed by atoms with E-state index in [4.69, 9.17) is 0 Å². The molecule has 1 fully saturated rings. The molecule has 7 nitrogen and oxygen atoms in total. The lowest BCUT2D eigenvalue weighted by molar-refractivity contribution is 0.0842. The van der Waals surface area contributed by atoms with Crippen LogP contribution in [0.25, 0.3) is 0 Å². The number of hydrogen-bond donors (Lipinski definition) is 2. The van der Waals surface area contributed by atoms with E-state index < -0.39 is 0 Å². The molecular weight excluding hydrogens is 374 g/mol.